The molecule has 70 valence electrons. The van der Waals surface area contributed by atoms with Crippen molar-refractivity contribution in [1.29, 1.82) is 0 Å². The van der Waals surface area contributed by atoms with Gasteiger partial charge in [-0.1, -0.05) is 6.07 Å². The zero-order chi connectivity index (χ0) is 10.0. The van der Waals surface area contributed by atoms with Crippen LogP contribution in [0.5, 0.6) is 5.75 Å². The Morgan fingerprint density at radius 2 is 1.85 bits per heavy atom. The molecule has 0 saturated carbocycles. The molecular formula is C11H14O2. The maximum Gasteiger partial charge on any atom is 0.154 e. The van der Waals surface area contributed by atoms with Crippen molar-refractivity contribution in [3.8, 4) is 5.75 Å². The average Bonchev–Trinajstić information content (AvgIpc) is 2.10. The molecule has 0 aliphatic rings. The summed E-state index contributed by atoms with van der Waals surface area (Å²) in [6, 6.07) is 2.00. The summed E-state index contributed by atoms with van der Waals surface area (Å²) in [5.41, 5.74) is 3.82. The van der Waals surface area contributed by atoms with E-state index in [4.69, 9.17) is 4.74 Å². The normalized spacial score (nSPS) is 9.85. The lowest BCUT2D eigenvalue weighted by molar-refractivity contribution is 0.112. The van der Waals surface area contributed by atoms with E-state index in [-0.39, 0.29) is 0 Å². The fourth-order valence-electron chi connectivity index (χ4n) is 1.48. The molecule has 0 fully saturated rings. The monoisotopic (exact) mass is 178 g/mol. The number of rotatable bonds is 2. The summed E-state index contributed by atoms with van der Waals surface area (Å²) in [4.78, 5) is 10.8. The molecule has 0 atom stereocenters. The van der Waals surface area contributed by atoms with Gasteiger partial charge in [-0.2, -0.15) is 0 Å². The SMILES string of the molecule is COc1c(C)c(C)cc(C)c1C=O. The second-order valence-electron chi connectivity index (χ2n) is 3.20. The van der Waals surface area contributed by atoms with Gasteiger partial charge in [0.25, 0.3) is 0 Å². The fraction of sp³-hybridized carbons (Fsp3) is 0.364. The van der Waals surface area contributed by atoms with Crippen molar-refractivity contribution in [3.63, 3.8) is 0 Å². The number of carbonyl (C=O) groups is 1. The molecule has 0 radical (unpaired) electrons. The zero-order valence-electron chi connectivity index (χ0n) is 8.47. The lowest BCUT2D eigenvalue weighted by Crippen LogP contribution is -1.98. The molecule has 0 heterocycles. The summed E-state index contributed by atoms with van der Waals surface area (Å²) in [5.74, 6) is 0.701. The van der Waals surface area contributed by atoms with Crippen molar-refractivity contribution >= 4 is 6.29 Å². The van der Waals surface area contributed by atoms with Crippen LogP contribution in [0.1, 0.15) is 27.0 Å². The summed E-state index contributed by atoms with van der Waals surface area (Å²) >= 11 is 0. The third-order valence-electron chi connectivity index (χ3n) is 2.36. The van der Waals surface area contributed by atoms with Crippen LogP contribution in [0.3, 0.4) is 0 Å². The Balaban J connectivity index is 3.50. The first kappa shape index (κ1) is 9.78. The lowest BCUT2D eigenvalue weighted by Gasteiger charge is -2.12. The summed E-state index contributed by atoms with van der Waals surface area (Å²) in [5, 5.41) is 0. The highest BCUT2D eigenvalue weighted by molar-refractivity contribution is 5.83. The molecule has 1 rings (SSSR count). The van der Waals surface area contributed by atoms with Crippen LogP contribution in [0.4, 0.5) is 0 Å². The van der Waals surface area contributed by atoms with Gasteiger partial charge in [0.05, 0.1) is 12.7 Å². The molecule has 0 aliphatic carbocycles. The minimum Gasteiger partial charge on any atom is -0.496 e. The quantitative estimate of drug-likeness (QED) is 0.650. The highest BCUT2D eigenvalue weighted by Crippen LogP contribution is 2.27. The Hall–Kier alpha value is -1.31. The van der Waals surface area contributed by atoms with E-state index in [0.717, 1.165) is 23.0 Å². The van der Waals surface area contributed by atoms with Crippen molar-refractivity contribution in [2.45, 2.75) is 20.8 Å². The van der Waals surface area contributed by atoms with Gasteiger partial charge in [0.1, 0.15) is 5.75 Å². The number of carbonyl (C=O) groups excluding carboxylic acids is 1. The number of aldehydes is 1. The van der Waals surface area contributed by atoms with Crippen LogP contribution in [-0.4, -0.2) is 13.4 Å². The van der Waals surface area contributed by atoms with Gasteiger partial charge < -0.3 is 4.74 Å². The van der Waals surface area contributed by atoms with E-state index in [1.54, 1.807) is 7.11 Å². The first-order valence-corrected chi connectivity index (χ1v) is 4.21. The summed E-state index contributed by atoms with van der Waals surface area (Å²) < 4.78 is 5.20. The van der Waals surface area contributed by atoms with E-state index < -0.39 is 0 Å². The highest BCUT2D eigenvalue weighted by Gasteiger charge is 2.10. The van der Waals surface area contributed by atoms with E-state index in [1.165, 1.54) is 0 Å². The second-order valence-corrected chi connectivity index (χ2v) is 3.20. The van der Waals surface area contributed by atoms with Crippen molar-refractivity contribution in [2.24, 2.45) is 0 Å². The predicted molar refractivity (Wildman–Crippen MR) is 52.6 cm³/mol. The first-order valence-electron chi connectivity index (χ1n) is 4.21. The molecule has 2 heteroatoms. The van der Waals surface area contributed by atoms with E-state index in [1.807, 2.05) is 26.8 Å². The smallest absolute Gasteiger partial charge is 0.154 e. The van der Waals surface area contributed by atoms with E-state index >= 15 is 0 Å². The van der Waals surface area contributed by atoms with Gasteiger partial charge in [-0.05, 0) is 37.5 Å². The number of methoxy groups -OCH3 is 1. The third-order valence-corrected chi connectivity index (χ3v) is 2.36. The minimum atomic E-state index is 0.658. The van der Waals surface area contributed by atoms with Gasteiger partial charge >= 0.3 is 0 Å². The molecule has 0 N–H and O–H groups in total. The molecule has 0 unspecified atom stereocenters. The largest absolute Gasteiger partial charge is 0.496 e. The minimum absolute atomic E-state index is 0.658. The molecule has 0 bridgehead atoms. The van der Waals surface area contributed by atoms with Crippen LogP contribution >= 0.6 is 0 Å². The molecular weight excluding hydrogens is 164 g/mol. The Morgan fingerprint density at radius 1 is 1.23 bits per heavy atom. The number of aryl methyl sites for hydroxylation is 2. The van der Waals surface area contributed by atoms with Crippen LogP contribution in [0.15, 0.2) is 6.07 Å². The number of benzene rings is 1. The molecule has 2 nitrogen and oxygen atoms in total. The molecule has 13 heavy (non-hydrogen) atoms. The van der Waals surface area contributed by atoms with E-state index in [0.29, 0.717) is 11.3 Å². The predicted octanol–water partition coefficient (Wildman–Crippen LogP) is 2.43. The van der Waals surface area contributed by atoms with Crippen LogP contribution in [0, 0.1) is 20.8 Å². The van der Waals surface area contributed by atoms with Crippen molar-refractivity contribution in [2.75, 3.05) is 7.11 Å². The fourth-order valence-corrected chi connectivity index (χ4v) is 1.48. The van der Waals surface area contributed by atoms with Crippen molar-refractivity contribution < 1.29 is 9.53 Å². The highest BCUT2D eigenvalue weighted by atomic mass is 16.5. The van der Waals surface area contributed by atoms with Crippen LogP contribution in [0.25, 0.3) is 0 Å². The Kier molecular flexibility index (Phi) is 2.71. The van der Waals surface area contributed by atoms with Crippen LogP contribution in [0.2, 0.25) is 0 Å². The molecule has 0 aliphatic heterocycles. The van der Waals surface area contributed by atoms with Gasteiger partial charge in [0.15, 0.2) is 6.29 Å². The molecule has 1 aromatic rings. The molecule has 0 saturated heterocycles. The van der Waals surface area contributed by atoms with Crippen molar-refractivity contribution in [1.82, 2.24) is 0 Å². The molecule has 0 aromatic heterocycles. The standard InChI is InChI=1S/C11H14O2/c1-7-5-8(2)10(6-12)11(13-4)9(7)3/h5-6H,1-4H3. The van der Waals surface area contributed by atoms with E-state index in [2.05, 4.69) is 0 Å². The van der Waals surface area contributed by atoms with Gasteiger partial charge in [-0.25, -0.2) is 0 Å². The lowest BCUT2D eigenvalue weighted by atomic mass is 10.00. The molecule has 1 aromatic carbocycles. The summed E-state index contributed by atoms with van der Waals surface area (Å²) in [6.45, 7) is 5.89. The van der Waals surface area contributed by atoms with E-state index in [9.17, 15) is 4.79 Å². The molecule has 0 spiro atoms. The third kappa shape index (κ3) is 1.57. The summed E-state index contributed by atoms with van der Waals surface area (Å²) in [6.07, 6.45) is 0.848. The Labute approximate surface area is 78.5 Å². The van der Waals surface area contributed by atoms with Gasteiger partial charge in [0.2, 0.25) is 0 Å². The van der Waals surface area contributed by atoms with Gasteiger partial charge in [-0.15, -0.1) is 0 Å². The Bertz CT molecular complexity index is 340. The van der Waals surface area contributed by atoms with Crippen LogP contribution < -0.4 is 4.74 Å². The first-order chi connectivity index (χ1) is 6.11. The number of hydrogen-bond donors (Lipinski definition) is 0. The van der Waals surface area contributed by atoms with Crippen molar-refractivity contribution in [3.05, 3.63) is 28.3 Å². The average molecular weight is 178 g/mol. The Morgan fingerprint density at radius 3 is 2.31 bits per heavy atom. The van der Waals surface area contributed by atoms with Crippen LogP contribution in [-0.2, 0) is 0 Å². The number of hydrogen-bond acceptors (Lipinski definition) is 2. The van der Waals surface area contributed by atoms with Gasteiger partial charge in [0, 0.05) is 0 Å². The maximum absolute atomic E-state index is 10.8. The topological polar surface area (TPSA) is 26.3 Å². The summed E-state index contributed by atoms with van der Waals surface area (Å²) in [7, 11) is 1.59. The second kappa shape index (κ2) is 3.60. The zero-order valence-corrected chi connectivity index (χ0v) is 8.47. The van der Waals surface area contributed by atoms with Gasteiger partial charge in [-0.3, -0.25) is 4.79 Å². The molecule has 0 amide bonds. The number of ether oxygens (including phenoxy) is 1. The maximum atomic E-state index is 10.8.